The summed E-state index contributed by atoms with van der Waals surface area (Å²) in [7, 11) is -5.94. The molecule has 1 aliphatic heterocycles. The highest BCUT2D eigenvalue weighted by atomic mass is 32.2. The minimum Gasteiger partial charge on any atom is -0.743 e. The van der Waals surface area contributed by atoms with Crippen molar-refractivity contribution < 1.29 is 36.0 Å². The van der Waals surface area contributed by atoms with Crippen molar-refractivity contribution >= 4 is 27.0 Å². The molecule has 1 heterocycles. The Balaban J connectivity index is 0.000000210. The predicted octanol–water partition coefficient (Wildman–Crippen LogP) is 6.38. The lowest BCUT2D eigenvalue weighted by Gasteiger charge is -2.29. The molecule has 0 aliphatic carbocycles. The number of carbonyl (C=O) groups excluding carboxylic acids is 1. The number of hydrogen-bond acceptors (Lipinski definition) is 6. The van der Waals surface area contributed by atoms with Crippen molar-refractivity contribution in [2.75, 3.05) is 0 Å². The second-order valence-corrected chi connectivity index (χ2v) is 12.3. The van der Waals surface area contributed by atoms with Crippen molar-refractivity contribution in [1.29, 1.82) is 0 Å². The number of para-hydroxylation sites is 2. The highest BCUT2D eigenvalue weighted by molar-refractivity contribution is 7.97. The van der Waals surface area contributed by atoms with Crippen LogP contribution in [0, 0.1) is 5.41 Å². The molecule has 6 nitrogen and oxygen atoms in total. The van der Waals surface area contributed by atoms with Gasteiger partial charge in [0.15, 0.2) is 32.6 Å². The maximum atomic E-state index is 13.0. The summed E-state index contributed by atoms with van der Waals surface area (Å²) in [5.41, 5.74) is -1.02. The van der Waals surface area contributed by atoms with Crippen LogP contribution in [0.15, 0.2) is 93.5 Å². The summed E-state index contributed by atoms with van der Waals surface area (Å²) in [5, 5.41) is -4.63. The molecule has 10 heteroatoms. The number of alkyl halides is 2. The van der Waals surface area contributed by atoms with Gasteiger partial charge in [-0.3, -0.25) is 4.79 Å². The van der Waals surface area contributed by atoms with E-state index in [9.17, 15) is 26.5 Å². The Morgan fingerprint density at radius 2 is 1.41 bits per heavy atom. The van der Waals surface area contributed by atoms with Crippen molar-refractivity contribution in [2.45, 2.75) is 60.2 Å². The van der Waals surface area contributed by atoms with E-state index in [1.54, 1.807) is 6.92 Å². The van der Waals surface area contributed by atoms with Gasteiger partial charge in [0.1, 0.15) is 10.9 Å². The molecule has 0 spiro atoms. The molecule has 0 aromatic heterocycles. The number of hydrogen-bond donors (Lipinski definition) is 0. The number of esters is 1. The summed E-state index contributed by atoms with van der Waals surface area (Å²) < 4.78 is 67.3. The van der Waals surface area contributed by atoms with E-state index >= 15 is 0 Å². The Kier molecular flexibility index (Phi) is 8.66. The lowest BCUT2D eigenvalue weighted by atomic mass is 9.91. The molecule has 0 fully saturated rings. The van der Waals surface area contributed by atoms with Gasteiger partial charge in [0.05, 0.1) is 5.41 Å². The number of halogens is 2. The van der Waals surface area contributed by atoms with E-state index in [0.29, 0.717) is 13.3 Å². The molecule has 37 heavy (non-hydrogen) atoms. The Morgan fingerprint density at radius 3 is 1.86 bits per heavy atom. The largest absolute Gasteiger partial charge is 0.743 e. The van der Waals surface area contributed by atoms with Gasteiger partial charge in [0.2, 0.25) is 9.79 Å². The maximum absolute atomic E-state index is 13.0. The zero-order chi connectivity index (χ0) is 27.4. The molecule has 1 atom stereocenters. The van der Waals surface area contributed by atoms with Crippen LogP contribution in [0.1, 0.15) is 34.1 Å². The molecule has 3 aromatic carbocycles. The monoisotopic (exact) mass is 550 g/mol. The van der Waals surface area contributed by atoms with Gasteiger partial charge in [-0.05, 0) is 63.6 Å². The third-order valence-corrected chi connectivity index (χ3v) is 9.16. The van der Waals surface area contributed by atoms with Crippen molar-refractivity contribution in [3.8, 4) is 11.5 Å². The van der Waals surface area contributed by atoms with E-state index < -0.39 is 32.9 Å². The minimum atomic E-state index is -5.86. The first kappa shape index (κ1) is 28.6. The van der Waals surface area contributed by atoms with Gasteiger partial charge in [0.25, 0.3) is 0 Å². The molecular formula is C27H28F2O6S2. The number of fused-ring (bicyclic) bond motifs is 2. The van der Waals surface area contributed by atoms with Crippen molar-refractivity contribution in [1.82, 2.24) is 0 Å². The fraction of sp³-hybridized carbons (Fsp3) is 0.296. The lowest BCUT2D eigenvalue weighted by Crippen LogP contribution is -2.44. The molecule has 0 saturated carbocycles. The number of benzene rings is 3. The fourth-order valence-corrected chi connectivity index (χ4v) is 5.87. The Labute approximate surface area is 218 Å². The van der Waals surface area contributed by atoms with Gasteiger partial charge in [-0.15, -0.1) is 0 Å². The van der Waals surface area contributed by atoms with Gasteiger partial charge >= 0.3 is 11.2 Å². The molecule has 4 rings (SSSR count). The molecule has 0 N–H and O–H groups in total. The third-order valence-electron chi connectivity index (χ3n) is 5.86. The number of ether oxygens (including phenoxy) is 2. The van der Waals surface area contributed by atoms with Crippen LogP contribution in [0.2, 0.25) is 0 Å². The van der Waals surface area contributed by atoms with Gasteiger partial charge in [0, 0.05) is 0 Å². The van der Waals surface area contributed by atoms with Crippen LogP contribution in [0.4, 0.5) is 8.78 Å². The first-order valence-corrected chi connectivity index (χ1v) is 14.1. The van der Waals surface area contributed by atoms with Crippen molar-refractivity contribution in [3.63, 3.8) is 0 Å². The zero-order valence-electron chi connectivity index (χ0n) is 20.8. The van der Waals surface area contributed by atoms with Gasteiger partial charge in [-0.1, -0.05) is 49.4 Å². The highest BCUT2D eigenvalue weighted by Crippen LogP contribution is 2.46. The Hall–Kier alpha value is -2.95. The predicted molar refractivity (Wildman–Crippen MR) is 136 cm³/mol. The first-order valence-electron chi connectivity index (χ1n) is 11.5. The summed E-state index contributed by atoms with van der Waals surface area (Å²) in [6.07, 6.45) is -1.99. The maximum Gasteiger partial charge on any atom is 0.369 e. The quantitative estimate of drug-likeness (QED) is 0.157. The van der Waals surface area contributed by atoms with Crippen molar-refractivity contribution in [2.24, 2.45) is 5.41 Å². The van der Waals surface area contributed by atoms with Crippen LogP contribution in [-0.2, 0) is 30.5 Å². The molecular weight excluding hydrogens is 522 g/mol. The second kappa shape index (κ2) is 11.2. The smallest absolute Gasteiger partial charge is 0.369 e. The van der Waals surface area contributed by atoms with Crippen LogP contribution in [0.3, 0.4) is 0 Å². The molecule has 0 saturated heterocycles. The van der Waals surface area contributed by atoms with Crippen LogP contribution in [0.5, 0.6) is 11.5 Å². The molecule has 0 radical (unpaired) electrons. The van der Waals surface area contributed by atoms with E-state index in [0.717, 1.165) is 11.5 Å². The summed E-state index contributed by atoms with van der Waals surface area (Å²) in [4.78, 5) is 15.3. The molecule has 0 amide bonds. The van der Waals surface area contributed by atoms with Gasteiger partial charge in [-0.25, -0.2) is 8.42 Å². The van der Waals surface area contributed by atoms with Crippen LogP contribution >= 0.6 is 0 Å². The highest BCUT2D eigenvalue weighted by Gasteiger charge is 2.47. The molecule has 0 bridgehead atoms. The van der Waals surface area contributed by atoms with Crippen LogP contribution < -0.4 is 4.74 Å². The van der Waals surface area contributed by atoms with E-state index in [2.05, 4.69) is 59.3 Å². The molecule has 3 aromatic rings. The van der Waals surface area contributed by atoms with Crippen molar-refractivity contribution in [3.05, 3.63) is 78.9 Å². The lowest BCUT2D eigenvalue weighted by molar-refractivity contribution is -0.170. The zero-order valence-corrected chi connectivity index (χ0v) is 22.4. The topological polar surface area (TPSA) is 92.7 Å². The normalized spacial score (nSPS) is 14.2. The summed E-state index contributed by atoms with van der Waals surface area (Å²) >= 11 is 0. The van der Waals surface area contributed by atoms with E-state index in [-0.39, 0.29) is 10.9 Å². The number of carbonyl (C=O) groups is 1. The standard InChI is InChI=1S/C18H13OS.C9H16F2O5S/c1-2-8-14(9-3-1)20-17-12-6-4-10-15(17)19-16-11-5-7-13-18(16)20;1-5-8(3,4)7(12)16-6(2)9(10,11)17(13,14)15/h1-13H;6H,5H2,1-4H3,(H,13,14,15)/q+1;/p-1. The average Bonchev–Trinajstić information content (AvgIpc) is 2.87. The summed E-state index contributed by atoms with van der Waals surface area (Å²) in [5.74, 6) is 0.965. The number of rotatable bonds is 6. The SMILES string of the molecule is CCC(C)(C)C(=O)OC(C)C(F)(F)S(=O)(=O)[O-].c1ccc([S+]2c3ccccc3Oc3ccccc32)cc1. The van der Waals surface area contributed by atoms with Crippen LogP contribution in [-0.4, -0.2) is 30.3 Å². The Bertz CT molecular complexity index is 1300. The molecule has 198 valence electrons. The van der Waals surface area contributed by atoms with Gasteiger partial charge < -0.3 is 14.0 Å². The minimum absolute atomic E-state index is 0.0829. The summed E-state index contributed by atoms with van der Waals surface area (Å²) in [6.45, 7) is 5.24. The van der Waals surface area contributed by atoms with E-state index in [1.807, 2.05) is 24.3 Å². The fourth-order valence-electron chi connectivity index (χ4n) is 3.19. The van der Waals surface area contributed by atoms with E-state index in [4.69, 9.17) is 4.74 Å². The average molecular weight is 551 g/mol. The molecule has 1 aliphatic rings. The third kappa shape index (κ3) is 6.31. The first-order chi connectivity index (χ1) is 17.3. The van der Waals surface area contributed by atoms with Gasteiger partial charge in [-0.2, -0.15) is 8.78 Å². The second-order valence-electron chi connectivity index (χ2n) is 8.92. The van der Waals surface area contributed by atoms with Crippen LogP contribution in [0.25, 0.3) is 0 Å². The Morgan fingerprint density at radius 1 is 0.946 bits per heavy atom. The molecule has 1 unspecified atom stereocenters. The summed E-state index contributed by atoms with van der Waals surface area (Å²) in [6, 6.07) is 27.3. The van der Waals surface area contributed by atoms with E-state index in [1.165, 1.54) is 28.5 Å².